The first kappa shape index (κ1) is 15.9. The van der Waals surface area contributed by atoms with E-state index in [1.807, 2.05) is 5.38 Å². The summed E-state index contributed by atoms with van der Waals surface area (Å²) in [5, 5.41) is 5.18. The Morgan fingerprint density at radius 3 is 2.90 bits per heavy atom. The van der Waals surface area contributed by atoms with Crippen LogP contribution in [0.4, 0.5) is 0 Å². The maximum atomic E-state index is 12.8. The quantitative estimate of drug-likeness (QED) is 0.878. The van der Waals surface area contributed by atoms with Crippen LogP contribution in [0.15, 0.2) is 16.3 Å². The molecule has 4 nitrogen and oxygen atoms in total. The fourth-order valence-electron chi connectivity index (χ4n) is 2.64. The standard InChI is InChI=1S/C14H24N2O2S2/c1-4-12-6-5-8-16(12)20(17,18)14-7-9-19-13(14)10-15-11(2)3/h7,9,11-12,15H,4-6,8,10H2,1-3H3. The van der Waals surface area contributed by atoms with Crippen LogP contribution in [-0.2, 0) is 16.6 Å². The van der Waals surface area contributed by atoms with E-state index in [9.17, 15) is 8.42 Å². The molecule has 2 heterocycles. The molecule has 1 aromatic rings. The minimum Gasteiger partial charge on any atom is -0.310 e. The van der Waals surface area contributed by atoms with E-state index in [2.05, 4.69) is 26.1 Å². The van der Waals surface area contributed by atoms with Gasteiger partial charge in [0.05, 0.1) is 4.90 Å². The Hall–Kier alpha value is -0.430. The number of hydrogen-bond acceptors (Lipinski definition) is 4. The summed E-state index contributed by atoms with van der Waals surface area (Å²) in [5.74, 6) is 0. The molecule has 2 rings (SSSR count). The second-order valence-electron chi connectivity index (χ2n) is 5.56. The second kappa shape index (κ2) is 6.56. The van der Waals surface area contributed by atoms with E-state index >= 15 is 0 Å². The van der Waals surface area contributed by atoms with E-state index < -0.39 is 10.0 Å². The molecule has 1 fully saturated rings. The zero-order chi connectivity index (χ0) is 14.8. The van der Waals surface area contributed by atoms with Crippen molar-refractivity contribution in [1.82, 2.24) is 9.62 Å². The van der Waals surface area contributed by atoms with Gasteiger partial charge in [0.15, 0.2) is 0 Å². The van der Waals surface area contributed by atoms with Crippen LogP contribution in [0.2, 0.25) is 0 Å². The Morgan fingerprint density at radius 2 is 2.25 bits per heavy atom. The smallest absolute Gasteiger partial charge is 0.244 e. The van der Waals surface area contributed by atoms with Crippen molar-refractivity contribution >= 4 is 21.4 Å². The summed E-state index contributed by atoms with van der Waals surface area (Å²) in [6.07, 6.45) is 2.85. The predicted molar refractivity (Wildman–Crippen MR) is 83.5 cm³/mol. The van der Waals surface area contributed by atoms with E-state index in [0.717, 1.165) is 24.1 Å². The molecule has 0 spiro atoms. The summed E-state index contributed by atoms with van der Waals surface area (Å²) in [4.78, 5) is 1.41. The third kappa shape index (κ3) is 3.24. The molecule has 1 unspecified atom stereocenters. The Labute approximate surface area is 126 Å². The number of rotatable bonds is 6. The Bertz CT molecular complexity index is 537. The third-order valence-corrected chi connectivity index (χ3v) is 6.84. The summed E-state index contributed by atoms with van der Waals surface area (Å²) < 4.78 is 27.4. The SMILES string of the molecule is CCC1CCCN1S(=O)(=O)c1ccsc1CNC(C)C. The average molecular weight is 316 g/mol. The van der Waals surface area contributed by atoms with Gasteiger partial charge >= 0.3 is 0 Å². The number of thiophene rings is 1. The number of nitrogens with zero attached hydrogens (tertiary/aromatic N) is 1. The Kier molecular flexibility index (Phi) is 5.23. The van der Waals surface area contributed by atoms with Crippen LogP contribution in [-0.4, -0.2) is 31.4 Å². The molecule has 0 amide bonds. The van der Waals surface area contributed by atoms with Crippen molar-refractivity contribution in [3.8, 4) is 0 Å². The van der Waals surface area contributed by atoms with Gasteiger partial charge in [0, 0.05) is 30.1 Å². The van der Waals surface area contributed by atoms with Gasteiger partial charge in [-0.1, -0.05) is 20.8 Å². The van der Waals surface area contributed by atoms with Crippen LogP contribution in [0, 0.1) is 0 Å². The van der Waals surface area contributed by atoms with Gasteiger partial charge in [-0.2, -0.15) is 4.31 Å². The van der Waals surface area contributed by atoms with Crippen molar-refractivity contribution in [3.05, 3.63) is 16.3 Å². The van der Waals surface area contributed by atoms with Crippen molar-refractivity contribution in [2.45, 2.75) is 63.6 Å². The third-order valence-electron chi connectivity index (χ3n) is 3.76. The summed E-state index contributed by atoms with van der Waals surface area (Å²) in [7, 11) is -3.33. The van der Waals surface area contributed by atoms with Gasteiger partial charge in [-0.15, -0.1) is 11.3 Å². The zero-order valence-corrected chi connectivity index (χ0v) is 14.1. The van der Waals surface area contributed by atoms with Crippen LogP contribution < -0.4 is 5.32 Å². The fourth-order valence-corrected chi connectivity index (χ4v) is 5.78. The second-order valence-corrected chi connectivity index (χ2v) is 8.42. The summed E-state index contributed by atoms with van der Waals surface area (Å²) in [6.45, 7) is 7.47. The van der Waals surface area contributed by atoms with Crippen LogP contribution in [0.3, 0.4) is 0 Å². The fraction of sp³-hybridized carbons (Fsp3) is 0.714. The lowest BCUT2D eigenvalue weighted by Gasteiger charge is -2.23. The van der Waals surface area contributed by atoms with E-state index in [0.29, 0.717) is 24.0 Å². The predicted octanol–water partition coefficient (Wildman–Crippen LogP) is 2.81. The largest absolute Gasteiger partial charge is 0.310 e. The molecule has 0 radical (unpaired) electrons. The lowest BCUT2D eigenvalue weighted by atomic mass is 10.2. The van der Waals surface area contributed by atoms with Crippen molar-refractivity contribution in [2.24, 2.45) is 0 Å². The molecule has 114 valence electrons. The lowest BCUT2D eigenvalue weighted by molar-refractivity contribution is 0.379. The lowest BCUT2D eigenvalue weighted by Crippen LogP contribution is -2.35. The molecule has 20 heavy (non-hydrogen) atoms. The van der Waals surface area contributed by atoms with Gasteiger partial charge in [0.25, 0.3) is 0 Å². The first-order valence-corrected chi connectivity index (χ1v) is 9.60. The molecule has 6 heteroatoms. The minimum atomic E-state index is -3.33. The molecule has 1 saturated heterocycles. The highest BCUT2D eigenvalue weighted by atomic mass is 32.2. The van der Waals surface area contributed by atoms with Gasteiger partial charge in [-0.25, -0.2) is 8.42 Å². The van der Waals surface area contributed by atoms with Crippen molar-refractivity contribution in [2.75, 3.05) is 6.54 Å². The molecule has 0 bridgehead atoms. The molecule has 1 aromatic heterocycles. The van der Waals surface area contributed by atoms with E-state index in [1.165, 1.54) is 11.3 Å². The molecular weight excluding hydrogens is 292 g/mol. The minimum absolute atomic E-state index is 0.172. The van der Waals surface area contributed by atoms with Crippen LogP contribution >= 0.6 is 11.3 Å². The summed E-state index contributed by atoms with van der Waals surface area (Å²) in [6, 6.07) is 2.27. The highest BCUT2D eigenvalue weighted by Crippen LogP contribution is 2.31. The van der Waals surface area contributed by atoms with Gasteiger partial charge in [0.1, 0.15) is 0 Å². The molecule has 1 aliphatic rings. The maximum absolute atomic E-state index is 12.8. The normalized spacial score (nSPS) is 20.9. The Balaban J connectivity index is 2.24. The van der Waals surface area contributed by atoms with Crippen molar-refractivity contribution in [1.29, 1.82) is 0 Å². The highest BCUT2D eigenvalue weighted by molar-refractivity contribution is 7.89. The van der Waals surface area contributed by atoms with Gasteiger partial charge in [-0.05, 0) is 30.7 Å². The van der Waals surface area contributed by atoms with Gasteiger partial charge in [-0.3, -0.25) is 0 Å². The summed E-state index contributed by atoms with van der Waals surface area (Å²) in [5.41, 5.74) is 0. The average Bonchev–Trinajstić information content (AvgIpc) is 3.05. The molecule has 1 aliphatic heterocycles. The monoisotopic (exact) mass is 316 g/mol. The molecule has 0 aromatic carbocycles. The van der Waals surface area contributed by atoms with Crippen LogP contribution in [0.25, 0.3) is 0 Å². The van der Waals surface area contributed by atoms with Crippen molar-refractivity contribution < 1.29 is 8.42 Å². The topological polar surface area (TPSA) is 49.4 Å². The molecular formula is C14H24N2O2S2. The highest BCUT2D eigenvalue weighted by Gasteiger charge is 2.35. The number of sulfonamides is 1. The number of hydrogen-bond donors (Lipinski definition) is 1. The molecule has 1 atom stereocenters. The molecule has 0 saturated carbocycles. The first-order chi connectivity index (χ1) is 9.46. The first-order valence-electron chi connectivity index (χ1n) is 7.28. The van der Waals surface area contributed by atoms with Crippen LogP contribution in [0.1, 0.15) is 44.9 Å². The van der Waals surface area contributed by atoms with E-state index in [-0.39, 0.29) is 6.04 Å². The molecule has 0 aliphatic carbocycles. The van der Waals surface area contributed by atoms with Crippen molar-refractivity contribution in [3.63, 3.8) is 0 Å². The Morgan fingerprint density at radius 1 is 1.50 bits per heavy atom. The summed E-state index contributed by atoms with van der Waals surface area (Å²) >= 11 is 1.52. The number of nitrogens with one attached hydrogen (secondary N) is 1. The maximum Gasteiger partial charge on any atom is 0.244 e. The van der Waals surface area contributed by atoms with Crippen LogP contribution in [0.5, 0.6) is 0 Å². The zero-order valence-electron chi connectivity index (χ0n) is 12.4. The molecule has 1 N–H and O–H groups in total. The van der Waals surface area contributed by atoms with Gasteiger partial charge < -0.3 is 5.32 Å². The van der Waals surface area contributed by atoms with E-state index in [4.69, 9.17) is 0 Å². The van der Waals surface area contributed by atoms with E-state index in [1.54, 1.807) is 10.4 Å². The van der Waals surface area contributed by atoms with Gasteiger partial charge in [0.2, 0.25) is 10.0 Å².